The van der Waals surface area contributed by atoms with Gasteiger partial charge < -0.3 is 4.52 Å². The van der Waals surface area contributed by atoms with Crippen LogP contribution in [0.1, 0.15) is 25.6 Å². The van der Waals surface area contributed by atoms with E-state index >= 15 is 0 Å². The summed E-state index contributed by atoms with van der Waals surface area (Å²) in [7, 11) is 0. The van der Waals surface area contributed by atoms with Crippen LogP contribution < -0.4 is 0 Å². The third-order valence-electron chi connectivity index (χ3n) is 1.49. The van der Waals surface area contributed by atoms with Crippen molar-refractivity contribution in [2.75, 3.05) is 0 Å². The molecule has 0 saturated carbocycles. The summed E-state index contributed by atoms with van der Waals surface area (Å²) in [6.45, 7) is 5.79. The van der Waals surface area contributed by atoms with Crippen LogP contribution in [-0.4, -0.2) is 10.1 Å². The van der Waals surface area contributed by atoms with E-state index in [4.69, 9.17) is 4.52 Å². The molecule has 1 rings (SSSR count). The summed E-state index contributed by atoms with van der Waals surface area (Å²) >= 11 is 0. The Morgan fingerprint density at radius 1 is 1.50 bits per heavy atom. The van der Waals surface area contributed by atoms with Gasteiger partial charge in [-0.05, 0) is 20.8 Å². The number of nitrogens with zero attached hydrogens (tertiary/aromatic N) is 2. The Hall–Kier alpha value is -1.38. The van der Waals surface area contributed by atoms with Crippen LogP contribution in [0.4, 0.5) is 0 Å². The Bertz CT molecular complexity index is 310. The van der Waals surface area contributed by atoms with Crippen LogP contribution in [0.5, 0.6) is 0 Å². The second kappa shape index (κ2) is 3.85. The summed E-state index contributed by atoms with van der Waals surface area (Å²) in [5, 5.41) is 3.66. The van der Waals surface area contributed by atoms with Crippen LogP contribution in [0.3, 0.4) is 0 Å². The molecule has 1 heterocycles. The van der Waals surface area contributed by atoms with Crippen molar-refractivity contribution in [2.45, 2.75) is 20.8 Å². The van der Waals surface area contributed by atoms with E-state index in [0.29, 0.717) is 11.7 Å². The monoisotopic (exact) mass is 164 g/mol. The van der Waals surface area contributed by atoms with Gasteiger partial charge >= 0.3 is 0 Å². The van der Waals surface area contributed by atoms with Gasteiger partial charge in [-0.15, -0.1) is 0 Å². The number of aromatic nitrogens is 2. The average Bonchev–Trinajstić information content (AvgIpc) is 2.47. The van der Waals surface area contributed by atoms with Gasteiger partial charge in [-0.2, -0.15) is 4.98 Å². The first-order chi connectivity index (χ1) is 5.72. The summed E-state index contributed by atoms with van der Waals surface area (Å²) in [6, 6.07) is 0. The normalized spacial score (nSPS) is 12.8. The van der Waals surface area contributed by atoms with E-state index in [2.05, 4.69) is 10.1 Å². The molecule has 0 amide bonds. The summed E-state index contributed by atoms with van der Waals surface area (Å²) in [5.41, 5.74) is 1.17. The maximum atomic E-state index is 4.88. The largest absolute Gasteiger partial charge is 0.335 e. The van der Waals surface area contributed by atoms with E-state index in [-0.39, 0.29) is 0 Å². The summed E-state index contributed by atoms with van der Waals surface area (Å²) in [4.78, 5) is 4.03. The molecule has 0 saturated heterocycles. The van der Waals surface area contributed by atoms with Gasteiger partial charge in [0.25, 0.3) is 5.89 Å². The Labute approximate surface area is 71.8 Å². The zero-order valence-electron chi connectivity index (χ0n) is 7.53. The second-order valence-electron chi connectivity index (χ2n) is 2.55. The van der Waals surface area contributed by atoms with E-state index < -0.39 is 0 Å². The number of aryl methyl sites for hydroxylation is 1. The Morgan fingerprint density at radius 3 is 2.75 bits per heavy atom. The lowest BCUT2D eigenvalue weighted by Crippen LogP contribution is -1.72. The highest BCUT2D eigenvalue weighted by molar-refractivity contribution is 5.43. The fourth-order valence-corrected chi connectivity index (χ4v) is 0.680. The van der Waals surface area contributed by atoms with Crippen molar-refractivity contribution in [3.8, 4) is 0 Å². The van der Waals surface area contributed by atoms with Gasteiger partial charge in [0.1, 0.15) is 0 Å². The average molecular weight is 164 g/mol. The molecule has 1 aromatic heterocycles. The van der Waals surface area contributed by atoms with Gasteiger partial charge in [0.2, 0.25) is 0 Å². The highest BCUT2D eigenvalue weighted by atomic mass is 16.5. The van der Waals surface area contributed by atoms with Crippen LogP contribution >= 0.6 is 0 Å². The zero-order valence-corrected chi connectivity index (χ0v) is 7.53. The predicted octanol–water partition coefficient (Wildman–Crippen LogP) is 2.36. The molecule has 12 heavy (non-hydrogen) atoms. The topological polar surface area (TPSA) is 38.9 Å². The lowest BCUT2D eigenvalue weighted by Gasteiger charge is -1.84. The van der Waals surface area contributed by atoms with E-state index in [1.165, 1.54) is 5.57 Å². The first kappa shape index (κ1) is 8.71. The Balaban J connectivity index is 2.69. The molecule has 0 aliphatic carbocycles. The molecule has 0 aliphatic rings. The third-order valence-corrected chi connectivity index (χ3v) is 1.49. The molecule has 3 heteroatoms. The standard InChI is InChI=1S/C9H12N2O/c1-4-7(2)5-6-9-10-8(3)11-12-9/h4-6H,1-3H3/b6-5+,7-4-. The van der Waals surface area contributed by atoms with Gasteiger partial charge in [0.15, 0.2) is 5.82 Å². The van der Waals surface area contributed by atoms with Gasteiger partial charge in [-0.25, -0.2) is 0 Å². The number of hydrogen-bond acceptors (Lipinski definition) is 3. The molecule has 0 bridgehead atoms. The minimum Gasteiger partial charge on any atom is -0.335 e. The van der Waals surface area contributed by atoms with E-state index in [0.717, 1.165) is 0 Å². The first-order valence-electron chi connectivity index (χ1n) is 3.83. The van der Waals surface area contributed by atoms with Gasteiger partial charge in [-0.1, -0.05) is 22.9 Å². The molecule has 0 fully saturated rings. The van der Waals surface area contributed by atoms with Crippen molar-refractivity contribution in [3.05, 3.63) is 29.4 Å². The summed E-state index contributed by atoms with van der Waals surface area (Å²) in [5.74, 6) is 1.21. The van der Waals surface area contributed by atoms with Crippen LogP contribution in [0, 0.1) is 6.92 Å². The molecule has 0 aliphatic heterocycles. The van der Waals surface area contributed by atoms with Crippen molar-refractivity contribution in [1.29, 1.82) is 0 Å². The van der Waals surface area contributed by atoms with Crippen molar-refractivity contribution < 1.29 is 4.52 Å². The van der Waals surface area contributed by atoms with E-state index in [1.54, 1.807) is 13.0 Å². The number of allylic oxidation sites excluding steroid dienone is 3. The van der Waals surface area contributed by atoms with Crippen molar-refractivity contribution in [3.63, 3.8) is 0 Å². The lowest BCUT2D eigenvalue weighted by molar-refractivity contribution is 0.405. The Morgan fingerprint density at radius 2 is 2.25 bits per heavy atom. The second-order valence-corrected chi connectivity index (χ2v) is 2.55. The maximum absolute atomic E-state index is 4.88. The number of hydrogen-bond donors (Lipinski definition) is 0. The summed E-state index contributed by atoms with van der Waals surface area (Å²) in [6.07, 6.45) is 5.75. The zero-order chi connectivity index (χ0) is 8.97. The lowest BCUT2D eigenvalue weighted by atomic mass is 10.3. The quantitative estimate of drug-likeness (QED) is 0.630. The van der Waals surface area contributed by atoms with Crippen molar-refractivity contribution in [2.24, 2.45) is 0 Å². The van der Waals surface area contributed by atoms with Crippen LogP contribution in [0.2, 0.25) is 0 Å². The fraction of sp³-hybridized carbons (Fsp3) is 0.333. The molecular weight excluding hydrogens is 152 g/mol. The predicted molar refractivity (Wildman–Crippen MR) is 47.5 cm³/mol. The van der Waals surface area contributed by atoms with Crippen LogP contribution in [0.15, 0.2) is 22.2 Å². The molecule has 1 aromatic rings. The summed E-state index contributed by atoms with van der Waals surface area (Å²) < 4.78 is 4.88. The SMILES string of the molecule is C/C=C(C)\C=C\c1nc(C)no1. The van der Waals surface area contributed by atoms with Gasteiger partial charge in [0, 0.05) is 6.08 Å². The highest BCUT2D eigenvalue weighted by Crippen LogP contribution is 2.02. The minimum atomic E-state index is 0.550. The molecule has 3 nitrogen and oxygen atoms in total. The molecule has 0 atom stereocenters. The van der Waals surface area contributed by atoms with E-state index in [1.807, 2.05) is 26.0 Å². The highest BCUT2D eigenvalue weighted by Gasteiger charge is 1.95. The fourth-order valence-electron chi connectivity index (χ4n) is 0.680. The smallest absolute Gasteiger partial charge is 0.250 e. The van der Waals surface area contributed by atoms with Crippen LogP contribution in [-0.2, 0) is 0 Å². The molecule has 0 radical (unpaired) electrons. The molecule has 0 unspecified atom stereocenters. The van der Waals surface area contributed by atoms with Crippen molar-refractivity contribution >= 4 is 6.08 Å². The first-order valence-corrected chi connectivity index (χ1v) is 3.83. The maximum Gasteiger partial charge on any atom is 0.250 e. The Kier molecular flexibility index (Phi) is 2.80. The molecule has 64 valence electrons. The minimum absolute atomic E-state index is 0.550. The molecular formula is C9H12N2O. The molecule has 0 aromatic carbocycles. The van der Waals surface area contributed by atoms with Gasteiger partial charge in [-0.3, -0.25) is 0 Å². The number of rotatable bonds is 2. The van der Waals surface area contributed by atoms with Crippen LogP contribution in [0.25, 0.3) is 6.08 Å². The van der Waals surface area contributed by atoms with Crippen molar-refractivity contribution in [1.82, 2.24) is 10.1 Å². The third kappa shape index (κ3) is 2.34. The molecule has 0 spiro atoms. The molecule has 0 N–H and O–H groups in total. The van der Waals surface area contributed by atoms with Gasteiger partial charge in [0.05, 0.1) is 0 Å². The van der Waals surface area contributed by atoms with E-state index in [9.17, 15) is 0 Å².